The van der Waals surface area contributed by atoms with E-state index in [1.165, 1.54) is 16.4 Å². The summed E-state index contributed by atoms with van der Waals surface area (Å²) in [4.78, 5) is 26.4. The van der Waals surface area contributed by atoms with E-state index < -0.39 is 10.0 Å². The number of nitrogens with zero attached hydrogens (tertiary/aromatic N) is 3. The number of rotatable bonds is 6. The van der Waals surface area contributed by atoms with Gasteiger partial charge in [0.1, 0.15) is 0 Å². The van der Waals surface area contributed by atoms with Crippen LogP contribution < -0.4 is 0 Å². The highest BCUT2D eigenvalue weighted by atomic mass is 32.2. The average molecular weight is 353 g/mol. The van der Waals surface area contributed by atoms with Gasteiger partial charge >= 0.3 is 0 Å². The van der Waals surface area contributed by atoms with Crippen LogP contribution in [-0.4, -0.2) is 74.1 Å². The second-order valence-corrected chi connectivity index (χ2v) is 7.49. The van der Waals surface area contributed by atoms with E-state index in [-0.39, 0.29) is 23.9 Å². The molecule has 0 aliphatic carbocycles. The Morgan fingerprint density at radius 1 is 1.08 bits per heavy atom. The van der Waals surface area contributed by atoms with E-state index in [0.717, 1.165) is 6.41 Å². The Bertz CT molecular complexity index is 676. The van der Waals surface area contributed by atoms with Gasteiger partial charge in [0.05, 0.1) is 4.90 Å². The number of benzene rings is 1. The highest BCUT2D eigenvalue weighted by Gasteiger charge is 2.28. The van der Waals surface area contributed by atoms with E-state index in [4.69, 9.17) is 0 Å². The molecule has 1 heterocycles. The number of hydrogen-bond donors (Lipinski definition) is 0. The standard InChI is InChI=1S/C16H23N3O4S/c1-3-18(4-2)16(21)14-5-7-15(8-6-14)24(22,23)19-11-9-17(13-20)10-12-19/h5-8,13H,3-4,9-12H2,1-2H3. The largest absolute Gasteiger partial charge is 0.343 e. The molecular formula is C16H23N3O4S. The summed E-state index contributed by atoms with van der Waals surface area (Å²) in [5.74, 6) is -0.108. The van der Waals surface area contributed by atoms with Crippen LogP contribution in [0.15, 0.2) is 29.2 Å². The maximum Gasteiger partial charge on any atom is 0.253 e. The average Bonchev–Trinajstić information content (AvgIpc) is 2.62. The Morgan fingerprint density at radius 3 is 2.08 bits per heavy atom. The van der Waals surface area contributed by atoms with Crippen LogP contribution >= 0.6 is 0 Å². The molecule has 0 bridgehead atoms. The lowest BCUT2D eigenvalue weighted by atomic mass is 10.2. The van der Waals surface area contributed by atoms with Crippen molar-refractivity contribution in [3.05, 3.63) is 29.8 Å². The van der Waals surface area contributed by atoms with Gasteiger partial charge in [0.25, 0.3) is 5.91 Å². The van der Waals surface area contributed by atoms with E-state index in [0.29, 0.717) is 31.7 Å². The lowest BCUT2D eigenvalue weighted by Gasteiger charge is -2.31. The molecule has 1 aromatic carbocycles. The summed E-state index contributed by atoms with van der Waals surface area (Å²) >= 11 is 0. The summed E-state index contributed by atoms with van der Waals surface area (Å²) in [6.45, 7) is 6.36. The van der Waals surface area contributed by atoms with E-state index in [2.05, 4.69) is 0 Å². The third-order valence-corrected chi connectivity index (χ3v) is 6.12. The second-order valence-electron chi connectivity index (χ2n) is 5.55. The molecule has 0 aromatic heterocycles. The van der Waals surface area contributed by atoms with Crippen molar-refractivity contribution in [2.75, 3.05) is 39.3 Å². The van der Waals surface area contributed by atoms with Crippen LogP contribution in [0, 0.1) is 0 Å². The summed E-state index contributed by atoms with van der Waals surface area (Å²) in [7, 11) is -3.60. The predicted octanol–water partition coefficient (Wildman–Crippen LogP) is 0.631. The van der Waals surface area contributed by atoms with Gasteiger partial charge in [-0.15, -0.1) is 0 Å². The van der Waals surface area contributed by atoms with E-state index >= 15 is 0 Å². The smallest absolute Gasteiger partial charge is 0.253 e. The molecule has 0 unspecified atom stereocenters. The van der Waals surface area contributed by atoms with Crippen molar-refractivity contribution >= 4 is 22.3 Å². The highest BCUT2D eigenvalue weighted by molar-refractivity contribution is 7.89. The van der Waals surface area contributed by atoms with Gasteiger partial charge in [0.2, 0.25) is 16.4 Å². The van der Waals surface area contributed by atoms with Gasteiger partial charge in [-0.05, 0) is 38.1 Å². The van der Waals surface area contributed by atoms with Gasteiger partial charge in [0.15, 0.2) is 0 Å². The number of amides is 2. The minimum Gasteiger partial charge on any atom is -0.343 e. The van der Waals surface area contributed by atoms with E-state index in [1.807, 2.05) is 13.8 Å². The quantitative estimate of drug-likeness (QED) is 0.703. The van der Waals surface area contributed by atoms with Crippen LogP contribution in [-0.2, 0) is 14.8 Å². The van der Waals surface area contributed by atoms with Crippen molar-refractivity contribution in [1.29, 1.82) is 0 Å². The number of carbonyl (C=O) groups is 2. The van der Waals surface area contributed by atoms with Gasteiger partial charge in [-0.25, -0.2) is 8.42 Å². The van der Waals surface area contributed by atoms with E-state index in [1.54, 1.807) is 21.9 Å². The molecule has 2 rings (SSSR count). The third-order valence-electron chi connectivity index (χ3n) is 4.21. The third kappa shape index (κ3) is 3.76. The lowest BCUT2D eigenvalue weighted by Crippen LogP contribution is -2.47. The first-order chi connectivity index (χ1) is 11.4. The number of sulfonamides is 1. The minimum absolute atomic E-state index is 0.108. The zero-order valence-corrected chi connectivity index (χ0v) is 14.8. The summed E-state index contributed by atoms with van der Waals surface area (Å²) in [5, 5.41) is 0. The van der Waals surface area contributed by atoms with Crippen molar-refractivity contribution < 1.29 is 18.0 Å². The molecule has 1 aliphatic heterocycles. The summed E-state index contributed by atoms with van der Waals surface area (Å²) in [6.07, 6.45) is 0.734. The molecule has 0 saturated carbocycles. The number of piperazine rings is 1. The van der Waals surface area contributed by atoms with Crippen LogP contribution in [0.5, 0.6) is 0 Å². The lowest BCUT2D eigenvalue weighted by molar-refractivity contribution is -0.119. The summed E-state index contributed by atoms with van der Waals surface area (Å²) in [5.41, 5.74) is 0.475. The predicted molar refractivity (Wildman–Crippen MR) is 90.1 cm³/mol. The molecule has 8 heteroatoms. The Morgan fingerprint density at radius 2 is 1.62 bits per heavy atom. The first kappa shape index (κ1) is 18.4. The topological polar surface area (TPSA) is 78.0 Å². The minimum atomic E-state index is -3.60. The molecular weight excluding hydrogens is 330 g/mol. The molecule has 0 atom stereocenters. The van der Waals surface area contributed by atoms with Crippen molar-refractivity contribution in [3.8, 4) is 0 Å². The first-order valence-corrected chi connectivity index (χ1v) is 9.46. The van der Waals surface area contributed by atoms with Crippen LogP contribution in [0.2, 0.25) is 0 Å². The summed E-state index contributed by atoms with van der Waals surface area (Å²) in [6, 6.07) is 6.04. The van der Waals surface area contributed by atoms with Crippen molar-refractivity contribution in [1.82, 2.24) is 14.1 Å². The maximum absolute atomic E-state index is 12.6. The van der Waals surface area contributed by atoms with E-state index in [9.17, 15) is 18.0 Å². The summed E-state index contributed by atoms with van der Waals surface area (Å²) < 4.78 is 26.6. The highest BCUT2D eigenvalue weighted by Crippen LogP contribution is 2.18. The van der Waals surface area contributed by atoms with Gasteiger partial charge in [-0.1, -0.05) is 0 Å². The van der Waals surface area contributed by atoms with Crippen molar-refractivity contribution in [2.24, 2.45) is 0 Å². The van der Waals surface area contributed by atoms with Gasteiger partial charge < -0.3 is 9.80 Å². The Hall–Kier alpha value is -1.93. The molecule has 7 nitrogen and oxygen atoms in total. The molecule has 132 valence electrons. The Balaban J connectivity index is 2.15. The molecule has 1 aromatic rings. The second kappa shape index (κ2) is 7.76. The molecule has 1 saturated heterocycles. The molecule has 1 fully saturated rings. The van der Waals surface area contributed by atoms with Gasteiger partial charge in [-0.3, -0.25) is 9.59 Å². The first-order valence-electron chi connectivity index (χ1n) is 8.02. The molecule has 0 spiro atoms. The van der Waals surface area contributed by atoms with Crippen LogP contribution in [0.1, 0.15) is 24.2 Å². The molecule has 24 heavy (non-hydrogen) atoms. The maximum atomic E-state index is 12.6. The molecule has 0 radical (unpaired) electrons. The fraction of sp³-hybridized carbons (Fsp3) is 0.500. The Labute approximate surface area is 142 Å². The fourth-order valence-corrected chi connectivity index (χ4v) is 4.08. The molecule has 0 N–H and O–H groups in total. The van der Waals surface area contributed by atoms with Gasteiger partial charge in [-0.2, -0.15) is 4.31 Å². The Kier molecular flexibility index (Phi) is 5.95. The number of carbonyl (C=O) groups excluding carboxylic acids is 2. The van der Waals surface area contributed by atoms with Crippen molar-refractivity contribution in [3.63, 3.8) is 0 Å². The molecule has 2 amide bonds. The van der Waals surface area contributed by atoms with Crippen molar-refractivity contribution in [2.45, 2.75) is 18.7 Å². The van der Waals surface area contributed by atoms with Gasteiger partial charge in [0, 0.05) is 44.8 Å². The normalized spacial score (nSPS) is 16.0. The zero-order valence-electron chi connectivity index (χ0n) is 14.0. The number of hydrogen-bond acceptors (Lipinski definition) is 4. The van der Waals surface area contributed by atoms with Crippen LogP contribution in [0.3, 0.4) is 0 Å². The zero-order chi connectivity index (χ0) is 17.7. The SMILES string of the molecule is CCN(CC)C(=O)c1ccc(S(=O)(=O)N2CCN(C=O)CC2)cc1. The fourth-order valence-electron chi connectivity index (χ4n) is 2.66. The van der Waals surface area contributed by atoms with Crippen LogP contribution in [0.25, 0.3) is 0 Å². The van der Waals surface area contributed by atoms with Crippen LogP contribution in [0.4, 0.5) is 0 Å². The monoisotopic (exact) mass is 353 g/mol. The molecule has 1 aliphatic rings.